The molecule has 12 heteroatoms. The van der Waals surface area contributed by atoms with Gasteiger partial charge in [0.15, 0.2) is 0 Å². The molecule has 0 aliphatic carbocycles. The lowest BCUT2D eigenvalue weighted by atomic mass is 10.0. The van der Waals surface area contributed by atoms with Crippen LogP contribution in [0.4, 0.5) is 9.80 Å². The number of hydrogen-bond donors (Lipinski definition) is 1. The first-order valence-corrected chi connectivity index (χ1v) is 15.1. The molecule has 0 saturated carbocycles. The minimum atomic E-state index is -3.63. The van der Waals surface area contributed by atoms with E-state index in [0.29, 0.717) is 42.5 Å². The highest BCUT2D eigenvalue weighted by Crippen LogP contribution is 2.38. The molecule has 0 atom stereocenters. The molecule has 2 amide bonds. The SMILES string of the molecule is CCOC(=O)c1c(NC(=O)c2ccc(S(=O)(=O)N3CCC(C)CC3)cc2)sc2c1CCN(C(=O)OCC)C2. The van der Waals surface area contributed by atoms with Crippen molar-refractivity contribution in [1.29, 1.82) is 0 Å². The van der Waals surface area contributed by atoms with E-state index in [0.717, 1.165) is 23.3 Å². The van der Waals surface area contributed by atoms with Gasteiger partial charge in [0.1, 0.15) is 5.00 Å². The van der Waals surface area contributed by atoms with Gasteiger partial charge in [-0.05, 0) is 68.9 Å². The molecule has 1 aromatic heterocycles. The summed E-state index contributed by atoms with van der Waals surface area (Å²) in [5, 5.41) is 3.14. The molecule has 0 spiro atoms. The number of ether oxygens (including phenoxy) is 2. The quantitative estimate of drug-likeness (QED) is 0.503. The van der Waals surface area contributed by atoms with Crippen molar-refractivity contribution >= 4 is 44.3 Å². The minimum absolute atomic E-state index is 0.140. The van der Waals surface area contributed by atoms with Gasteiger partial charge in [0.05, 0.1) is 30.2 Å². The number of sulfonamides is 1. The van der Waals surface area contributed by atoms with Crippen LogP contribution >= 0.6 is 11.3 Å². The largest absolute Gasteiger partial charge is 0.462 e. The number of amides is 2. The lowest BCUT2D eigenvalue weighted by Gasteiger charge is -2.29. The number of nitrogens with one attached hydrogen (secondary N) is 1. The fourth-order valence-electron chi connectivity index (χ4n) is 4.61. The number of hydrogen-bond acceptors (Lipinski definition) is 8. The molecule has 0 unspecified atom stereocenters. The Morgan fingerprint density at radius 1 is 1.03 bits per heavy atom. The smallest absolute Gasteiger partial charge is 0.410 e. The average Bonchev–Trinajstić information content (AvgIpc) is 3.26. The Kier molecular flexibility index (Phi) is 8.74. The first kappa shape index (κ1) is 28.1. The standard InChI is InChI=1S/C26H33N3O7S2/c1-4-35-25(31)22-20-12-13-28(26(32)36-5-2)16-21(20)37-24(22)27-23(30)18-6-8-19(9-7-18)38(33,34)29-14-10-17(3)11-15-29/h6-9,17H,4-5,10-16H2,1-3H3,(H,27,30). The number of nitrogens with zero attached hydrogens (tertiary/aromatic N) is 2. The number of carbonyl (C=O) groups is 3. The van der Waals surface area contributed by atoms with Crippen LogP contribution in [0.25, 0.3) is 0 Å². The molecule has 0 radical (unpaired) electrons. The molecular weight excluding hydrogens is 530 g/mol. The molecule has 3 heterocycles. The van der Waals surface area contributed by atoms with Crippen molar-refractivity contribution in [3.63, 3.8) is 0 Å². The molecule has 1 fully saturated rings. The molecule has 38 heavy (non-hydrogen) atoms. The summed E-state index contributed by atoms with van der Waals surface area (Å²) in [6.45, 7) is 7.62. The van der Waals surface area contributed by atoms with Gasteiger partial charge in [-0.25, -0.2) is 18.0 Å². The Morgan fingerprint density at radius 3 is 2.32 bits per heavy atom. The van der Waals surface area contributed by atoms with Gasteiger partial charge < -0.3 is 19.7 Å². The van der Waals surface area contributed by atoms with Crippen LogP contribution in [0.1, 0.15) is 64.8 Å². The first-order valence-electron chi connectivity index (χ1n) is 12.8. The van der Waals surface area contributed by atoms with Crippen molar-refractivity contribution in [1.82, 2.24) is 9.21 Å². The van der Waals surface area contributed by atoms with E-state index in [4.69, 9.17) is 9.47 Å². The second-order valence-electron chi connectivity index (χ2n) is 9.36. The number of benzene rings is 1. The fraction of sp³-hybridized carbons (Fsp3) is 0.500. The van der Waals surface area contributed by atoms with E-state index in [1.54, 1.807) is 18.7 Å². The van der Waals surface area contributed by atoms with Crippen molar-refractivity contribution in [2.45, 2.75) is 51.5 Å². The summed E-state index contributed by atoms with van der Waals surface area (Å²) in [7, 11) is -3.63. The van der Waals surface area contributed by atoms with Gasteiger partial charge in [-0.15, -0.1) is 11.3 Å². The normalized spacial score (nSPS) is 16.6. The first-order chi connectivity index (χ1) is 18.1. The zero-order valence-corrected chi connectivity index (χ0v) is 23.5. The Morgan fingerprint density at radius 2 is 1.68 bits per heavy atom. The monoisotopic (exact) mass is 563 g/mol. The van der Waals surface area contributed by atoms with Crippen molar-refractivity contribution < 1.29 is 32.3 Å². The predicted octanol–water partition coefficient (Wildman–Crippen LogP) is 4.11. The summed E-state index contributed by atoms with van der Waals surface area (Å²) in [4.78, 5) is 40.6. The van der Waals surface area contributed by atoms with Crippen LogP contribution in [-0.2, 0) is 32.5 Å². The van der Waals surface area contributed by atoms with Crippen LogP contribution in [-0.4, -0.2) is 68.4 Å². The molecule has 10 nitrogen and oxygen atoms in total. The van der Waals surface area contributed by atoms with Crippen molar-refractivity contribution in [2.24, 2.45) is 5.92 Å². The molecular formula is C26H33N3O7S2. The van der Waals surface area contributed by atoms with Gasteiger partial charge >= 0.3 is 12.1 Å². The summed E-state index contributed by atoms with van der Waals surface area (Å²) in [5.74, 6) is -0.516. The second kappa shape index (κ2) is 11.8. The van der Waals surface area contributed by atoms with Crippen LogP contribution in [0.5, 0.6) is 0 Å². The highest BCUT2D eigenvalue weighted by Gasteiger charge is 2.32. The summed E-state index contributed by atoms with van der Waals surface area (Å²) < 4.78 is 37.9. The topological polar surface area (TPSA) is 122 Å². The van der Waals surface area contributed by atoms with E-state index in [9.17, 15) is 22.8 Å². The fourth-order valence-corrected chi connectivity index (χ4v) is 7.33. The van der Waals surface area contributed by atoms with Crippen LogP contribution in [0, 0.1) is 5.92 Å². The van der Waals surface area contributed by atoms with E-state index < -0.39 is 28.0 Å². The number of esters is 1. The lowest BCUT2D eigenvalue weighted by molar-refractivity contribution is 0.0526. The third-order valence-corrected chi connectivity index (χ3v) is 9.83. The number of thiophene rings is 1. The van der Waals surface area contributed by atoms with Gasteiger partial charge in [-0.1, -0.05) is 6.92 Å². The zero-order chi connectivity index (χ0) is 27.4. The van der Waals surface area contributed by atoms with Gasteiger partial charge in [0.25, 0.3) is 5.91 Å². The minimum Gasteiger partial charge on any atom is -0.462 e. The Hall–Kier alpha value is -2.96. The van der Waals surface area contributed by atoms with E-state index in [-0.39, 0.29) is 30.2 Å². The van der Waals surface area contributed by atoms with E-state index >= 15 is 0 Å². The molecule has 1 N–H and O–H groups in total. The van der Waals surface area contributed by atoms with E-state index in [1.165, 1.54) is 39.9 Å². The molecule has 2 aliphatic heterocycles. The molecule has 0 bridgehead atoms. The molecule has 4 rings (SSSR count). The Labute approximate surface area is 226 Å². The van der Waals surface area contributed by atoms with Crippen molar-refractivity contribution in [2.75, 3.05) is 38.2 Å². The van der Waals surface area contributed by atoms with Crippen molar-refractivity contribution in [3.8, 4) is 0 Å². The zero-order valence-electron chi connectivity index (χ0n) is 21.8. The van der Waals surface area contributed by atoms with E-state index in [1.807, 2.05) is 0 Å². The molecule has 2 aliphatic rings. The number of rotatable bonds is 7. The van der Waals surface area contributed by atoms with Gasteiger partial charge in [0, 0.05) is 30.1 Å². The summed E-state index contributed by atoms with van der Waals surface area (Å²) in [5.41, 5.74) is 1.30. The van der Waals surface area contributed by atoms with Crippen LogP contribution in [0.3, 0.4) is 0 Å². The van der Waals surface area contributed by atoms with Crippen molar-refractivity contribution in [3.05, 3.63) is 45.8 Å². The maximum absolute atomic E-state index is 13.1. The Balaban J connectivity index is 1.54. The molecule has 2 aromatic rings. The molecule has 1 aromatic carbocycles. The van der Waals surface area contributed by atoms with Crippen LogP contribution in [0.15, 0.2) is 29.2 Å². The van der Waals surface area contributed by atoms with Gasteiger partial charge in [-0.2, -0.15) is 4.31 Å². The number of carbonyl (C=O) groups excluding carboxylic acids is 3. The second-order valence-corrected chi connectivity index (χ2v) is 12.4. The van der Waals surface area contributed by atoms with Crippen LogP contribution in [0.2, 0.25) is 0 Å². The maximum atomic E-state index is 13.1. The highest BCUT2D eigenvalue weighted by atomic mass is 32.2. The summed E-state index contributed by atoms with van der Waals surface area (Å²) >= 11 is 1.22. The number of piperidine rings is 1. The summed E-state index contributed by atoms with van der Waals surface area (Å²) in [6, 6.07) is 5.81. The molecule has 1 saturated heterocycles. The average molecular weight is 564 g/mol. The lowest BCUT2D eigenvalue weighted by Crippen LogP contribution is -2.37. The number of anilines is 1. The number of fused-ring (bicyclic) bond motifs is 1. The summed E-state index contributed by atoms with van der Waals surface area (Å²) in [6.07, 6.45) is 1.65. The molecule has 206 valence electrons. The van der Waals surface area contributed by atoms with Gasteiger partial charge in [-0.3, -0.25) is 4.79 Å². The van der Waals surface area contributed by atoms with Crippen LogP contribution < -0.4 is 5.32 Å². The van der Waals surface area contributed by atoms with Gasteiger partial charge in [0.2, 0.25) is 10.0 Å². The third-order valence-electron chi connectivity index (χ3n) is 6.79. The highest BCUT2D eigenvalue weighted by molar-refractivity contribution is 7.89. The third kappa shape index (κ3) is 5.87. The van der Waals surface area contributed by atoms with E-state index in [2.05, 4.69) is 12.2 Å². The maximum Gasteiger partial charge on any atom is 0.410 e. The Bertz CT molecular complexity index is 1300. The predicted molar refractivity (Wildman–Crippen MR) is 143 cm³/mol.